The van der Waals surface area contributed by atoms with E-state index in [1.807, 2.05) is 18.3 Å². The molecule has 1 rings (SSSR count). The highest BCUT2D eigenvalue weighted by Crippen LogP contribution is 2.09. The van der Waals surface area contributed by atoms with Crippen molar-refractivity contribution in [2.75, 3.05) is 13.3 Å². The van der Waals surface area contributed by atoms with Crippen molar-refractivity contribution in [2.45, 2.75) is 19.1 Å². The van der Waals surface area contributed by atoms with E-state index >= 15 is 0 Å². The Morgan fingerprint density at radius 3 is 2.69 bits per heavy atom. The molecule has 0 saturated heterocycles. The topological polar surface area (TPSA) is 22.1 Å². The van der Waals surface area contributed by atoms with Crippen LogP contribution in [0.25, 0.3) is 0 Å². The van der Waals surface area contributed by atoms with Gasteiger partial charge in [0.1, 0.15) is 0 Å². The van der Waals surface area contributed by atoms with Crippen LogP contribution in [0.3, 0.4) is 0 Å². The third-order valence-corrected chi connectivity index (χ3v) is 4.31. The summed E-state index contributed by atoms with van der Waals surface area (Å²) in [5.74, 6) is 0. The fraction of sp³-hybridized carbons (Fsp3) is 0.500. The van der Waals surface area contributed by atoms with E-state index in [0.29, 0.717) is 0 Å². The summed E-state index contributed by atoms with van der Waals surface area (Å²) in [6.07, 6.45) is 2.76. The number of rotatable bonds is 4. The molecule has 0 saturated carbocycles. The number of ether oxygens (including phenoxy) is 1. The average Bonchev–Trinajstić information content (AvgIpc) is 2.04. The Morgan fingerprint density at radius 2 is 2.15 bits per heavy atom. The highest BCUT2D eigenvalue weighted by Gasteiger charge is 2.21. The molecule has 1 aromatic heterocycles. The second-order valence-corrected chi connectivity index (χ2v) is 9.07. The van der Waals surface area contributed by atoms with Gasteiger partial charge in [0, 0.05) is 25.2 Å². The number of nitrogens with zero attached hydrogens (tertiary/aromatic N) is 1. The average molecular weight is 195 g/mol. The van der Waals surface area contributed by atoms with Gasteiger partial charge < -0.3 is 4.74 Å². The lowest BCUT2D eigenvalue weighted by Gasteiger charge is -2.20. The van der Waals surface area contributed by atoms with E-state index < -0.39 is 8.07 Å². The van der Waals surface area contributed by atoms with Crippen molar-refractivity contribution >= 4 is 8.07 Å². The maximum atomic E-state index is 5.21. The molecule has 0 fully saturated rings. The summed E-state index contributed by atoms with van der Waals surface area (Å²) in [4.78, 5) is 4.33. The number of hydrogen-bond acceptors (Lipinski definition) is 2. The van der Waals surface area contributed by atoms with Crippen molar-refractivity contribution < 1.29 is 4.74 Å². The van der Waals surface area contributed by atoms with E-state index in [9.17, 15) is 0 Å². The molecular weight excluding hydrogens is 178 g/mol. The number of pyridine rings is 1. The second kappa shape index (κ2) is 4.53. The molecule has 1 heterocycles. The fourth-order valence-electron chi connectivity index (χ4n) is 1.43. The van der Waals surface area contributed by atoms with Gasteiger partial charge >= 0.3 is 0 Å². The fourth-order valence-corrected chi connectivity index (χ4v) is 3.51. The molecule has 3 heteroatoms. The molecule has 0 N–H and O–H groups in total. The van der Waals surface area contributed by atoms with Gasteiger partial charge in [0.2, 0.25) is 0 Å². The smallest absolute Gasteiger partial charge is 0.0834 e. The predicted octanol–water partition coefficient (Wildman–Crippen LogP) is 2.06. The number of aromatic nitrogens is 1. The number of methoxy groups -OCH3 is 1. The van der Waals surface area contributed by atoms with E-state index in [0.717, 1.165) is 12.3 Å². The summed E-state index contributed by atoms with van der Waals surface area (Å²) in [5.41, 5.74) is 1.19. The normalized spacial score (nSPS) is 11.6. The summed E-state index contributed by atoms with van der Waals surface area (Å²) < 4.78 is 5.21. The summed E-state index contributed by atoms with van der Waals surface area (Å²) in [6.45, 7) is 4.65. The van der Waals surface area contributed by atoms with Crippen molar-refractivity contribution in [3.8, 4) is 0 Å². The van der Waals surface area contributed by atoms with Crippen LogP contribution >= 0.6 is 0 Å². The Balaban J connectivity index is 2.58. The van der Waals surface area contributed by atoms with Crippen LogP contribution in [0.1, 0.15) is 5.69 Å². The van der Waals surface area contributed by atoms with Gasteiger partial charge in [-0.3, -0.25) is 4.98 Å². The predicted molar refractivity (Wildman–Crippen MR) is 57.3 cm³/mol. The molecule has 0 unspecified atom stereocenters. The Morgan fingerprint density at radius 1 is 1.38 bits per heavy atom. The minimum absolute atomic E-state index is 0.906. The van der Waals surface area contributed by atoms with Crippen molar-refractivity contribution in [2.24, 2.45) is 0 Å². The van der Waals surface area contributed by atoms with Gasteiger partial charge in [0.25, 0.3) is 0 Å². The van der Waals surface area contributed by atoms with Gasteiger partial charge in [0.05, 0.1) is 8.07 Å². The highest BCUT2D eigenvalue weighted by molar-refractivity contribution is 6.76. The lowest BCUT2D eigenvalue weighted by Crippen LogP contribution is -2.35. The SMILES string of the molecule is COC[Si](C)(C)Cc1ccccn1. The zero-order chi connectivity index (χ0) is 9.73. The van der Waals surface area contributed by atoms with Crippen LogP contribution in [0.15, 0.2) is 24.4 Å². The van der Waals surface area contributed by atoms with Crippen LogP contribution in [-0.2, 0) is 10.8 Å². The molecule has 0 bridgehead atoms. The first kappa shape index (κ1) is 10.4. The lowest BCUT2D eigenvalue weighted by atomic mass is 10.4. The minimum Gasteiger partial charge on any atom is -0.388 e. The molecule has 0 radical (unpaired) electrons. The van der Waals surface area contributed by atoms with Crippen molar-refractivity contribution in [3.63, 3.8) is 0 Å². The first-order chi connectivity index (χ1) is 6.14. The van der Waals surface area contributed by atoms with Crippen LogP contribution < -0.4 is 0 Å². The van der Waals surface area contributed by atoms with Gasteiger partial charge in [-0.2, -0.15) is 0 Å². The zero-order valence-corrected chi connectivity index (χ0v) is 9.58. The first-order valence-corrected chi connectivity index (χ1v) is 7.94. The molecule has 0 amide bonds. The van der Waals surface area contributed by atoms with E-state index in [1.165, 1.54) is 5.69 Å². The van der Waals surface area contributed by atoms with Crippen LogP contribution in [0.5, 0.6) is 0 Å². The first-order valence-electron chi connectivity index (χ1n) is 4.53. The molecule has 0 atom stereocenters. The van der Waals surface area contributed by atoms with Crippen LogP contribution in [-0.4, -0.2) is 26.4 Å². The molecule has 1 aromatic rings. The summed E-state index contributed by atoms with van der Waals surface area (Å²) >= 11 is 0. The third kappa shape index (κ3) is 3.70. The van der Waals surface area contributed by atoms with Crippen molar-refractivity contribution in [1.82, 2.24) is 4.98 Å². The minimum atomic E-state index is -1.23. The molecule has 2 nitrogen and oxygen atoms in total. The zero-order valence-electron chi connectivity index (χ0n) is 8.58. The van der Waals surface area contributed by atoms with Gasteiger partial charge in [-0.1, -0.05) is 19.2 Å². The third-order valence-electron chi connectivity index (χ3n) is 1.92. The Bertz CT molecular complexity index is 248. The molecule has 0 aliphatic carbocycles. The molecule has 0 aliphatic heterocycles. The molecular formula is C10H17NOSi. The van der Waals surface area contributed by atoms with Crippen LogP contribution in [0, 0.1) is 0 Å². The van der Waals surface area contributed by atoms with E-state index in [-0.39, 0.29) is 0 Å². The molecule has 72 valence electrons. The summed E-state index contributed by atoms with van der Waals surface area (Å²) in [5, 5.41) is 0. The Labute approximate surface area is 81.0 Å². The monoisotopic (exact) mass is 195 g/mol. The van der Waals surface area contributed by atoms with E-state index in [2.05, 4.69) is 24.1 Å². The van der Waals surface area contributed by atoms with Gasteiger partial charge in [0.15, 0.2) is 0 Å². The Hall–Kier alpha value is -0.673. The molecule has 0 aliphatic rings. The summed E-state index contributed by atoms with van der Waals surface area (Å²) in [7, 11) is 0.542. The van der Waals surface area contributed by atoms with E-state index in [1.54, 1.807) is 7.11 Å². The van der Waals surface area contributed by atoms with Gasteiger partial charge in [-0.05, 0) is 18.2 Å². The molecule has 0 aromatic carbocycles. The lowest BCUT2D eigenvalue weighted by molar-refractivity contribution is 0.246. The van der Waals surface area contributed by atoms with Crippen molar-refractivity contribution in [1.29, 1.82) is 0 Å². The maximum Gasteiger partial charge on any atom is 0.0834 e. The molecule has 0 spiro atoms. The van der Waals surface area contributed by atoms with Crippen LogP contribution in [0.2, 0.25) is 13.1 Å². The highest BCUT2D eigenvalue weighted by atomic mass is 28.3. The van der Waals surface area contributed by atoms with Crippen LogP contribution in [0.4, 0.5) is 0 Å². The standard InChI is InChI=1S/C10H17NOSi/c1-12-9-13(2,3)8-10-6-4-5-7-11-10/h4-7H,8-9H2,1-3H3. The van der Waals surface area contributed by atoms with Crippen molar-refractivity contribution in [3.05, 3.63) is 30.1 Å². The van der Waals surface area contributed by atoms with Gasteiger partial charge in [-0.25, -0.2) is 0 Å². The quantitative estimate of drug-likeness (QED) is 0.686. The van der Waals surface area contributed by atoms with E-state index in [4.69, 9.17) is 4.74 Å². The molecule has 13 heavy (non-hydrogen) atoms. The maximum absolute atomic E-state index is 5.21. The number of hydrogen-bond donors (Lipinski definition) is 0. The van der Waals surface area contributed by atoms with Gasteiger partial charge in [-0.15, -0.1) is 0 Å². The Kier molecular flexibility index (Phi) is 3.63. The second-order valence-electron chi connectivity index (χ2n) is 4.10. The summed E-state index contributed by atoms with van der Waals surface area (Å²) in [6, 6.07) is 7.18. The largest absolute Gasteiger partial charge is 0.388 e.